The molecule has 0 saturated carbocycles. The SMILES string of the molecule is Cn1nnnc1NC(=O)c1ccc(C(F)(F)F)c2c1C=CCS2. The van der Waals surface area contributed by atoms with Gasteiger partial charge < -0.3 is 0 Å². The third-order valence-corrected chi connectivity index (χ3v) is 4.29. The van der Waals surface area contributed by atoms with Gasteiger partial charge >= 0.3 is 6.18 Å². The molecule has 0 bridgehead atoms. The number of tetrazole rings is 1. The second-order valence-corrected chi connectivity index (χ2v) is 5.73. The molecule has 1 aromatic carbocycles. The number of hydrogen-bond acceptors (Lipinski definition) is 5. The van der Waals surface area contributed by atoms with Crippen molar-refractivity contribution in [1.29, 1.82) is 0 Å². The maximum atomic E-state index is 13.1. The Morgan fingerprint density at radius 3 is 2.83 bits per heavy atom. The van der Waals surface area contributed by atoms with Crippen molar-refractivity contribution in [1.82, 2.24) is 20.2 Å². The molecule has 1 aromatic heterocycles. The smallest absolute Gasteiger partial charge is 0.289 e. The highest BCUT2D eigenvalue weighted by atomic mass is 32.2. The second kappa shape index (κ2) is 5.69. The zero-order valence-corrected chi connectivity index (χ0v) is 12.6. The highest BCUT2D eigenvalue weighted by Crippen LogP contribution is 2.42. The van der Waals surface area contributed by atoms with Crippen molar-refractivity contribution in [3.8, 4) is 0 Å². The zero-order chi connectivity index (χ0) is 16.6. The summed E-state index contributed by atoms with van der Waals surface area (Å²) in [7, 11) is 1.54. The average Bonchev–Trinajstić information content (AvgIpc) is 2.90. The van der Waals surface area contributed by atoms with Crippen LogP contribution in [0.4, 0.5) is 19.1 Å². The first-order chi connectivity index (χ1) is 10.9. The molecule has 1 aliphatic rings. The minimum absolute atomic E-state index is 0.0590. The number of alkyl halides is 3. The molecule has 0 saturated heterocycles. The molecule has 0 spiro atoms. The zero-order valence-electron chi connectivity index (χ0n) is 11.8. The molecule has 0 aliphatic carbocycles. The summed E-state index contributed by atoms with van der Waals surface area (Å²) in [6.45, 7) is 0. The van der Waals surface area contributed by atoms with Gasteiger partial charge in [0.2, 0.25) is 5.95 Å². The van der Waals surface area contributed by atoms with Crippen molar-refractivity contribution in [3.05, 3.63) is 34.9 Å². The number of hydrogen-bond donors (Lipinski definition) is 1. The van der Waals surface area contributed by atoms with E-state index in [2.05, 4.69) is 20.8 Å². The van der Waals surface area contributed by atoms with E-state index in [0.29, 0.717) is 5.75 Å². The molecule has 23 heavy (non-hydrogen) atoms. The van der Waals surface area contributed by atoms with Crippen LogP contribution in [-0.2, 0) is 13.2 Å². The molecule has 0 fully saturated rings. The Morgan fingerprint density at radius 2 is 2.17 bits per heavy atom. The number of carbonyl (C=O) groups excluding carboxylic acids is 1. The van der Waals surface area contributed by atoms with E-state index >= 15 is 0 Å². The minimum Gasteiger partial charge on any atom is -0.289 e. The molecule has 120 valence electrons. The summed E-state index contributed by atoms with van der Waals surface area (Å²) in [5, 5.41) is 13.1. The highest BCUT2D eigenvalue weighted by molar-refractivity contribution is 7.99. The van der Waals surface area contributed by atoms with Crippen LogP contribution in [0.3, 0.4) is 0 Å². The number of anilines is 1. The van der Waals surface area contributed by atoms with E-state index < -0.39 is 17.6 Å². The van der Waals surface area contributed by atoms with Crippen molar-refractivity contribution in [2.75, 3.05) is 11.1 Å². The van der Waals surface area contributed by atoms with Gasteiger partial charge in [0.25, 0.3) is 5.91 Å². The van der Waals surface area contributed by atoms with Gasteiger partial charge in [-0.15, -0.1) is 11.8 Å². The van der Waals surface area contributed by atoms with E-state index in [0.717, 1.165) is 23.9 Å². The fourth-order valence-corrected chi connectivity index (χ4v) is 3.18. The molecule has 10 heteroatoms. The fraction of sp³-hybridized carbons (Fsp3) is 0.231. The van der Waals surface area contributed by atoms with E-state index in [1.807, 2.05) is 0 Å². The van der Waals surface area contributed by atoms with Gasteiger partial charge in [0, 0.05) is 28.8 Å². The van der Waals surface area contributed by atoms with Gasteiger partial charge in [0.1, 0.15) is 0 Å². The average molecular weight is 341 g/mol. The molecule has 3 rings (SSSR count). The number of carbonyl (C=O) groups is 1. The molecule has 0 unspecified atom stereocenters. The summed E-state index contributed by atoms with van der Waals surface area (Å²) in [6.07, 6.45) is -1.22. The van der Waals surface area contributed by atoms with E-state index in [9.17, 15) is 18.0 Å². The van der Waals surface area contributed by atoms with E-state index in [-0.39, 0.29) is 22.0 Å². The third kappa shape index (κ3) is 2.93. The Kier molecular flexibility index (Phi) is 3.84. The van der Waals surface area contributed by atoms with Gasteiger partial charge in [0.15, 0.2) is 0 Å². The Labute approximate surface area is 132 Å². The molecule has 2 aromatic rings. The van der Waals surface area contributed by atoms with Crippen LogP contribution in [0.25, 0.3) is 6.08 Å². The summed E-state index contributed by atoms with van der Waals surface area (Å²) in [6, 6.07) is 2.09. The van der Waals surface area contributed by atoms with Gasteiger partial charge in [-0.25, -0.2) is 4.68 Å². The lowest BCUT2D eigenvalue weighted by Gasteiger charge is -2.19. The van der Waals surface area contributed by atoms with E-state index in [1.54, 1.807) is 6.08 Å². The van der Waals surface area contributed by atoms with Crippen LogP contribution in [0.2, 0.25) is 0 Å². The number of fused-ring (bicyclic) bond motifs is 1. The van der Waals surface area contributed by atoms with Crippen LogP contribution >= 0.6 is 11.8 Å². The Balaban J connectivity index is 2.02. The first-order valence-corrected chi connectivity index (χ1v) is 7.43. The number of nitrogens with zero attached hydrogens (tertiary/aromatic N) is 4. The Morgan fingerprint density at radius 1 is 1.39 bits per heavy atom. The quantitative estimate of drug-likeness (QED) is 0.909. The fourth-order valence-electron chi connectivity index (χ4n) is 2.14. The largest absolute Gasteiger partial charge is 0.417 e. The maximum Gasteiger partial charge on any atom is 0.417 e. The topological polar surface area (TPSA) is 72.7 Å². The van der Waals surface area contributed by atoms with Crippen LogP contribution < -0.4 is 5.32 Å². The number of halogens is 3. The van der Waals surface area contributed by atoms with Crippen molar-refractivity contribution in [2.45, 2.75) is 11.1 Å². The summed E-state index contributed by atoms with van der Waals surface area (Å²) < 4.78 is 40.5. The molecule has 1 N–H and O–H groups in total. The first kappa shape index (κ1) is 15.5. The predicted octanol–water partition coefficient (Wildman–Crippen LogP) is 2.60. The molecule has 1 amide bonds. The van der Waals surface area contributed by atoms with E-state index in [1.165, 1.54) is 17.8 Å². The van der Waals surface area contributed by atoms with Gasteiger partial charge in [-0.1, -0.05) is 17.3 Å². The summed E-state index contributed by atoms with van der Waals surface area (Å²) in [5.74, 6) is -0.0370. The van der Waals surface area contributed by atoms with E-state index in [4.69, 9.17) is 0 Å². The van der Waals surface area contributed by atoms with Crippen LogP contribution in [0.1, 0.15) is 21.5 Å². The Hall–Kier alpha value is -2.36. The molecular weight excluding hydrogens is 331 g/mol. The van der Waals surface area contributed by atoms with Crippen LogP contribution in [0, 0.1) is 0 Å². The lowest BCUT2D eigenvalue weighted by Crippen LogP contribution is -2.19. The number of thioether (sulfide) groups is 1. The van der Waals surface area contributed by atoms with Gasteiger partial charge in [0.05, 0.1) is 5.56 Å². The predicted molar refractivity (Wildman–Crippen MR) is 78.0 cm³/mol. The number of aryl methyl sites for hydroxylation is 1. The number of amides is 1. The van der Waals surface area contributed by atoms with Crippen molar-refractivity contribution < 1.29 is 18.0 Å². The summed E-state index contributed by atoms with van der Waals surface area (Å²) in [5.41, 5.74) is -0.345. The summed E-state index contributed by atoms with van der Waals surface area (Å²) >= 11 is 1.05. The highest BCUT2D eigenvalue weighted by Gasteiger charge is 2.36. The third-order valence-electron chi connectivity index (χ3n) is 3.20. The molecule has 1 aliphatic heterocycles. The van der Waals surface area contributed by atoms with Gasteiger partial charge in [-0.3, -0.25) is 10.1 Å². The normalized spacial score (nSPS) is 13.7. The Bertz CT molecular complexity index is 799. The number of aromatic nitrogens is 4. The number of rotatable bonds is 2. The molecule has 0 atom stereocenters. The number of benzene rings is 1. The molecule has 2 heterocycles. The van der Waals surface area contributed by atoms with Gasteiger partial charge in [-0.2, -0.15) is 13.2 Å². The van der Waals surface area contributed by atoms with Crippen molar-refractivity contribution in [3.63, 3.8) is 0 Å². The standard InChI is InChI=1S/C13H10F3N5OS/c1-21-12(18-19-20-21)17-11(22)8-4-5-9(13(14,15)16)10-7(8)3-2-6-23-10/h2-5H,6H2,1H3,(H,17,18,20,22). The van der Waals surface area contributed by atoms with Crippen LogP contribution in [0.5, 0.6) is 0 Å². The van der Waals surface area contributed by atoms with Crippen molar-refractivity contribution >= 4 is 29.7 Å². The monoisotopic (exact) mass is 341 g/mol. The molecule has 0 radical (unpaired) electrons. The maximum absolute atomic E-state index is 13.1. The first-order valence-electron chi connectivity index (χ1n) is 6.45. The molecular formula is C13H10F3N5OS. The van der Waals surface area contributed by atoms with Crippen molar-refractivity contribution in [2.24, 2.45) is 7.05 Å². The van der Waals surface area contributed by atoms with Crippen LogP contribution in [-0.4, -0.2) is 31.9 Å². The van der Waals surface area contributed by atoms with Crippen LogP contribution in [0.15, 0.2) is 23.1 Å². The van der Waals surface area contributed by atoms with Gasteiger partial charge in [-0.05, 0) is 22.6 Å². The lowest BCUT2D eigenvalue weighted by atomic mass is 10.0. The number of nitrogens with one attached hydrogen (secondary N) is 1. The minimum atomic E-state index is -4.47. The lowest BCUT2D eigenvalue weighted by molar-refractivity contribution is -0.139. The summed E-state index contributed by atoms with van der Waals surface area (Å²) in [4.78, 5) is 12.4. The second-order valence-electron chi connectivity index (χ2n) is 4.69. The molecule has 6 nitrogen and oxygen atoms in total.